The summed E-state index contributed by atoms with van der Waals surface area (Å²) in [5.74, 6) is 0.944. The van der Waals surface area contributed by atoms with Gasteiger partial charge in [-0.05, 0) is 49.2 Å². The monoisotopic (exact) mass is 415 g/mol. The van der Waals surface area contributed by atoms with Gasteiger partial charge in [-0.2, -0.15) is 13.1 Å². The Morgan fingerprint density at radius 1 is 1.03 bits per heavy atom. The number of piperazine rings is 1. The van der Waals surface area contributed by atoms with Crippen LogP contribution in [0.25, 0.3) is 0 Å². The Morgan fingerprint density at radius 3 is 2.31 bits per heavy atom. The number of carbonyl (C=O) groups excluding carboxylic acids is 1. The van der Waals surface area contributed by atoms with Gasteiger partial charge in [0.05, 0.1) is 5.69 Å². The van der Waals surface area contributed by atoms with Gasteiger partial charge in [0.25, 0.3) is 5.91 Å². The zero-order valence-electron chi connectivity index (χ0n) is 16.6. The molecule has 8 nitrogen and oxygen atoms in total. The van der Waals surface area contributed by atoms with Crippen LogP contribution < -0.4 is 13.9 Å². The highest BCUT2D eigenvalue weighted by Crippen LogP contribution is 2.22. The van der Waals surface area contributed by atoms with Crippen molar-refractivity contribution in [2.45, 2.75) is 13.8 Å². The fourth-order valence-electron chi connectivity index (χ4n) is 3.86. The highest BCUT2D eigenvalue weighted by atomic mass is 32.2. The molecule has 2 saturated heterocycles. The van der Waals surface area contributed by atoms with E-state index in [2.05, 4.69) is 27.6 Å². The highest BCUT2D eigenvalue weighted by Gasteiger charge is 2.28. The summed E-state index contributed by atoms with van der Waals surface area (Å²) in [6.45, 7) is 7.59. The number of carbonyl (C=O) groups is 1. The maximum Gasteiger partial charge on any atom is 0.301 e. The van der Waals surface area contributed by atoms with Gasteiger partial charge < -0.3 is 9.80 Å². The van der Waals surface area contributed by atoms with Crippen LogP contribution in [0.15, 0.2) is 36.5 Å². The Balaban J connectivity index is 1.41. The van der Waals surface area contributed by atoms with E-state index in [-0.39, 0.29) is 5.91 Å². The van der Waals surface area contributed by atoms with Crippen molar-refractivity contribution in [2.75, 3.05) is 48.5 Å². The second kappa shape index (κ2) is 7.64. The van der Waals surface area contributed by atoms with Gasteiger partial charge in [-0.3, -0.25) is 9.10 Å². The van der Waals surface area contributed by atoms with E-state index in [4.69, 9.17) is 0 Å². The van der Waals surface area contributed by atoms with Crippen LogP contribution in [0.1, 0.15) is 21.5 Å². The lowest BCUT2D eigenvalue weighted by Gasteiger charge is -2.36. The molecule has 1 aromatic heterocycles. The molecule has 4 rings (SSSR count). The quantitative estimate of drug-likeness (QED) is 0.817. The maximum absolute atomic E-state index is 12.9. The maximum atomic E-state index is 12.9. The number of nitrogens with one attached hydrogen (secondary N) is 1. The van der Waals surface area contributed by atoms with Gasteiger partial charge >= 0.3 is 10.2 Å². The second-order valence-electron chi connectivity index (χ2n) is 7.45. The molecule has 0 unspecified atom stereocenters. The molecule has 1 aromatic carbocycles. The average molecular weight is 416 g/mol. The van der Waals surface area contributed by atoms with Gasteiger partial charge in [0.1, 0.15) is 5.82 Å². The first-order chi connectivity index (χ1) is 13.8. The van der Waals surface area contributed by atoms with Crippen molar-refractivity contribution < 1.29 is 13.2 Å². The van der Waals surface area contributed by atoms with E-state index >= 15 is 0 Å². The van der Waals surface area contributed by atoms with Gasteiger partial charge in [0.15, 0.2) is 0 Å². The lowest BCUT2D eigenvalue weighted by atomic mass is 10.1. The molecule has 0 bridgehead atoms. The minimum absolute atomic E-state index is 0.0350. The molecule has 2 aromatic rings. The predicted molar refractivity (Wildman–Crippen MR) is 113 cm³/mol. The Kier molecular flexibility index (Phi) is 5.18. The van der Waals surface area contributed by atoms with Crippen LogP contribution >= 0.6 is 0 Å². The molecule has 2 aliphatic heterocycles. The summed E-state index contributed by atoms with van der Waals surface area (Å²) < 4.78 is 27.7. The van der Waals surface area contributed by atoms with Crippen LogP contribution in [0.3, 0.4) is 0 Å². The number of hydrogen-bond acceptors (Lipinski definition) is 5. The van der Waals surface area contributed by atoms with Crippen molar-refractivity contribution >= 4 is 27.6 Å². The molecule has 0 saturated carbocycles. The van der Waals surface area contributed by atoms with Crippen molar-refractivity contribution in [3.63, 3.8) is 0 Å². The Morgan fingerprint density at radius 2 is 1.72 bits per heavy atom. The molecule has 0 aliphatic carbocycles. The molecule has 0 radical (unpaired) electrons. The minimum Gasteiger partial charge on any atom is -0.353 e. The third-order valence-corrected chi connectivity index (χ3v) is 6.89. The summed E-state index contributed by atoms with van der Waals surface area (Å²) in [6.07, 6.45) is 1.87. The smallest absolute Gasteiger partial charge is 0.301 e. The molecular weight excluding hydrogens is 390 g/mol. The fraction of sp³-hybridized carbons (Fsp3) is 0.400. The summed E-state index contributed by atoms with van der Waals surface area (Å²) in [5.41, 5.74) is 3.42. The number of amides is 1. The van der Waals surface area contributed by atoms with Crippen molar-refractivity contribution in [2.24, 2.45) is 0 Å². The molecule has 0 atom stereocenters. The van der Waals surface area contributed by atoms with E-state index in [1.807, 2.05) is 18.0 Å². The van der Waals surface area contributed by atoms with Crippen molar-refractivity contribution in [3.8, 4) is 0 Å². The minimum atomic E-state index is -3.46. The summed E-state index contributed by atoms with van der Waals surface area (Å²) >= 11 is 0. The fourth-order valence-corrected chi connectivity index (χ4v) is 5.09. The Bertz CT molecular complexity index is 1010. The summed E-state index contributed by atoms with van der Waals surface area (Å²) in [4.78, 5) is 21.5. The third-order valence-electron chi connectivity index (χ3n) is 5.35. The van der Waals surface area contributed by atoms with E-state index < -0.39 is 10.2 Å². The standard InChI is InChI=1S/C20H25N5O3S/c1-15-13-16(2)19(21-14-15)23-9-11-24(12-10-23)20(26)17-3-5-18(6-4-17)25-8-7-22-29(25,27)28/h3-6,13-14,22H,7-12H2,1-2H3. The third kappa shape index (κ3) is 3.92. The van der Waals surface area contributed by atoms with E-state index in [1.54, 1.807) is 24.3 Å². The summed E-state index contributed by atoms with van der Waals surface area (Å²) in [7, 11) is -3.46. The van der Waals surface area contributed by atoms with Crippen LogP contribution in [-0.2, 0) is 10.2 Å². The van der Waals surface area contributed by atoms with E-state index in [1.165, 1.54) is 4.31 Å². The van der Waals surface area contributed by atoms with Crippen LogP contribution in [0.2, 0.25) is 0 Å². The SMILES string of the molecule is Cc1cnc(N2CCN(C(=O)c3ccc(N4CCNS4(=O)=O)cc3)CC2)c(C)c1. The normalized spacial score (nSPS) is 18.9. The number of hydrogen-bond donors (Lipinski definition) is 1. The number of nitrogens with zero attached hydrogens (tertiary/aromatic N) is 4. The molecule has 9 heteroatoms. The van der Waals surface area contributed by atoms with Crippen molar-refractivity contribution in [1.29, 1.82) is 0 Å². The number of anilines is 2. The van der Waals surface area contributed by atoms with E-state index in [9.17, 15) is 13.2 Å². The Hall–Kier alpha value is -2.65. The topological polar surface area (TPSA) is 85.8 Å². The lowest BCUT2D eigenvalue weighted by molar-refractivity contribution is 0.0746. The zero-order chi connectivity index (χ0) is 20.6. The molecule has 1 N–H and O–H groups in total. The van der Waals surface area contributed by atoms with Crippen LogP contribution in [0.4, 0.5) is 11.5 Å². The number of pyridine rings is 1. The van der Waals surface area contributed by atoms with Gasteiger partial charge in [-0.25, -0.2) is 4.98 Å². The molecule has 2 fully saturated rings. The molecule has 0 spiro atoms. The highest BCUT2D eigenvalue weighted by molar-refractivity contribution is 7.91. The lowest BCUT2D eigenvalue weighted by Crippen LogP contribution is -2.49. The molecular formula is C20H25N5O3S. The number of aromatic nitrogens is 1. The van der Waals surface area contributed by atoms with Crippen molar-refractivity contribution in [1.82, 2.24) is 14.6 Å². The van der Waals surface area contributed by atoms with Gasteiger partial charge in [0, 0.05) is 51.0 Å². The zero-order valence-corrected chi connectivity index (χ0v) is 17.4. The average Bonchev–Trinajstić information content (AvgIpc) is 3.07. The summed E-state index contributed by atoms with van der Waals surface area (Å²) in [5, 5.41) is 0. The summed E-state index contributed by atoms with van der Waals surface area (Å²) in [6, 6.07) is 8.89. The molecule has 154 valence electrons. The Labute approximate surface area is 171 Å². The van der Waals surface area contributed by atoms with Crippen molar-refractivity contribution in [3.05, 3.63) is 53.2 Å². The van der Waals surface area contributed by atoms with E-state index in [0.29, 0.717) is 37.4 Å². The first kappa shape index (κ1) is 19.7. The second-order valence-corrected chi connectivity index (χ2v) is 9.13. The molecule has 29 heavy (non-hydrogen) atoms. The number of rotatable bonds is 3. The van der Waals surface area contributed by atoms with Gasteiger partial charge in [-0.15, -0.1) is 0 Å². The van der Waals surface area contributed by atoms with Crippen LogP contribution in [-0.4, -0.2) is 63.5 Å². The largest absolute Gasteiger partial charge is 0.353 e. The van der Waals surface area contributed by atoms with E-state index in [0.717, 1.165) is 30.0 Å². The van der Waals surface area contributed by atoms with Gasteiger partial charge in [-0.1, -0.05) is 6.07 Å². The predicted octanol–water partition coefficient (Wildman–Crippen LogP) is 1.32. The molecule has 2 aliphatic rings. The number of aryl methyl sites for hydroxylation is 2. The van der Waals surface area contributed by atoms with Crippen LogP contribution in [0.5, 0.6) is 0 Å². The van der Waals surface area contributed by atoms with Gasteiger partial charge in [0.2, 0.25) is 0 Å². The molecule has 1 amide bonds. The number of benzene rings is 1. The molecule has 3 heterocycles. The van der Waals surface area contributed by atoms with Crippen LogP contribution in [0, 0.1) is 13.8 Å². The first-order valence-corrected chi connectivity index (χ1v) is 11.1. The first-order valence-electron chi connectivity index (χ1n) is 9.70.